The van der Waals surface area contributed by atoms with E-state index in [4.69, 9.17) is 9.47 Å². The molecule has 1 N–H and O–H groups in total. The summed E-state index contributed by atoms with van der Waals surface area (Å²) in [6.45, 7) is 0.785. The number of nitrogens with zero attached hydrogens (tertiary/aromatic N) is 2. The van der Waals surface area contributed by atoms with Crippen molar-refractivity contribution in [3.05, 3.63) is 42.0 Å². The number of benzene rings is 1. The molecule has 0 fully saturated rings. The summed E-state index contributed by atoms with van der Waals surface area (Å²) in [5, 5.41) is 3.10. The zero-order chi connectivity index (χ0) is 16.2. The minimum absolute atomic E-state index is 0.0192. The minimum Gasteiger partial charge on any atom is -0.493 e. The molecule has 1 atom stereocenters. The molecule has 0 unspecified atom stereocenters. The van der Waals surface area contributed by atoms with Crippen LogP contribution >= 0.6 is 0 Å². The highest BCUT2D eigenvalue weighted by molar-refractivity contribution is 5.79. The van der Waals surface area contributed by atoms with Gasteiger partial charge in [0.05, 0.1) is 20.6 Å². The molecule has 1 aliphatic rings. The molecule has 1 aromatic carbocycles. The molecule has 0 aliphatic carbocycles. The zero-order valence-electron chi connectivity index (χ0n) is 13.4. The lowest BCUT2D eigenvalue weighted by Gasteiger charge is -2.24. The number of hydrogen-bond donors (Lipinski definition) is 1. The van der Waals surface area contributed by atoms with Crippen molar-refractivity contribution in [1.29, 1.82) is 0 Å². The third-order valence-electron chi connectivity index (χ3n) is 4.11. The van der Waals surface area contributed by atoms with Crippen LogP contribution in [0.25, 0.3) is 0 Å². The fourth-order valence-electron chi connectivity index (χ4n) is 2.94. The second kappa shape index (κ2) is 6.73. The molecule has 0 bridgehead atoms. The lowest BCUT2D eigenvalue weighted by atomic mass is 10.1. The Hall–Kier alpha value is -2.50. The molecule has 6 heteroatoms. The van der Waals surface area contributed by atoms with E-state index < -0.39 is 0 Å². The van der Waals surface area contributed by atoms with Crippen LogP contribution in [0.4, 0.5) is 0 Å². The van der Waals surface area contributed by atoms with Gasteiger partial charge in [0.2, 0.25) is 5.91 Å². The number of aromatic nitrogens is 2. The predicted octanol–water partition coefficient (Wildman–Crippen LogP) is 1.57. The third kappa shape index (κ3) is 3.47. The van der Waals surface area contributed by atoms with Crippen LogP contribution in [0, 0.1) is 0 Å². The Morgan fingerprint density at radius 3 is 2.96 bits per heavy atom. The van der Waals surface area contributed by atoms with Crippen molar-refractivity contribution in [2.24, 2.45) is 0 Å². The number of rotatable bonds is 5. The molecule has 0 spiro atoms. The number of carbonyl (C=O) groups excluding carboxylic acids is 1. The number of imidazole rings is 1. The van der Waals surface area contributed by atoms with Crippen LogP contribution in [-0.4, -0.2) is 35.7 Å². The molecular formula is C17H21N3O3. The first-order chi connectivity index (χ1) is 11.2. The number of carbonyl (C=O) groups is 1. The zero-order valence-corrected chi connectivity index (χ0v) is 13.4. The second-order valence-corrected chi connectivity index (χ2v) is 5.67. The maximum absolute atomic E-state index is 12.3. The van der Waals surface area contributed by atoms with Gasteiger partial charge >= 0.3 is 0 Å². The van der Waals surface area contributed by atoms with Gasteiger partial charge in [-0.1, -0.05) is 6.07 Å². The Bertz CT molecular complexity index is 696. The van der Waals surface area contributed by atoms with E-state index >= 15 is 0 Å². The summed E-state index contributed by atoms with van der Waals surface area (Å²) in [4.78, 5) is 16.6. The van der Waals surface area contributed by atoms with Crippen LogP contribution in [0.5, 0.6) is 11.5 Å². The fourth-order valence-corrected chi connectivity index (χ4v) is 2.94. The van der Waals surface area contributed by atoms with Gasteiger partial charge in [0.15, 0.2) is 11.5 Å². The molecule has 6 nitrogen and oxygen atoms in total. The maximum atomic E-state index is 12.3. The normalized spacial score (nSPS) is 16.5. The first-order valence-corrected chi connectivity index (χ1v) is 7.70. The van der Waals surface area contributed by atoms with Crippen LogP contribution in [-0.2, 0) is 24.2 Å². The van der Waals surface area contributed by atoms with Crippen molar-refractivity contribution in [2.45, 2.75) is 31.8 Å². The molecular weight excluding hydrogens is 294 g/mol. The van der Waals surface area contributed by atoms with Crippen LogP contribution in [0.1, 0.15) is 17.8 Å². The topological polar surface area (TPSA) is 65.4 Å². The Morgan fingerprint density at radius 2 is 2.17 bits per heavy atom. The number of hydrogen-bond acceptors (Lipinski definition) is 4. The van der Waals surface area contributed by atoms with Crippen LogP contribution < -0.4 is 14.8 Å². The largest absolute Gasteiger partial charge is 0.493 e. The van der Waals surface area contributed by atoms with E-state index in [0.29, 0.717) is 17.9 Å². The summed E-state index contributed by atoms with van der Waals surface area (Å²) in [6, 6.07) is 5.70. The fraction of sp³-hybridized carbons (Fsp3) is 0.412. The molecule has 2 aromatic rings. The molecule has 0 saturated heterocycles. The van der Waals surface area contributed by atoms with Crippen LogP contribution in [0.15, 0.2) is 30.6 Å². The Morgan fingerprint density at radius 1 is 1.35 bits per heavy atom. The van der Waals surface area contributed by atoms with E-state index in [1.807, 2.05) is 30.6 Å². The molecule has 122 valence electrons. The van der Waals surface area contributed by atoms with Crippen molar-refractivity contribution < 1.29 is 14.3 Å². The SMILES string of the molecule is COc1ccc(CC(=O)N[C@H]2CCc3nccn3C2)cc1OC. The van der Waals surface area contributed by atoms with Gasteiger partial charge in [0.1, 0.15) is 5.82 Å². The summed E-state index contributed by atoms with van der Waals surface area (Å²) in [5.74, 6) is 2.41. The summed E-state index contributed by atoms with van der Waals surface area (Å²) in [6.07, 6.45) is 5.92. The smallest absolute Gasteiger partial charge is 0.224 e. The Balaban J connectivity index is 1.59. The van der Waals surface area contributed by atoms with E-state index in [1.54, 1.807) is 14.2 Å². The van der Waals surface area contributed by atoms with Gasteiger partial charge in [-0.3, -0.25) is 4.79 Å². The molecule has 1 aromatic heterocycles. The maximum Gasteiger partial charge on any atom is 0.224 e. The average molecular weight is 315 g/mol. The van der Waals surface area contributed by atoms with Gasteiger partial charge in [-0.25, -0.2) is 4.98 Å². The Labute approximate surface area is 135 Å². The van der Waals surface area contributed by atoms with Crippen molar-refractivity contribution in [2.75, 3.05) is 14.2 Å². The van der Waals surface area contributed by atoms with Gasteiger partial charge in [0.25, 0.3) is 0 Å². The van der Waals surface area contributed by atoms with Crippen LogP contribution in [0.2, 0.25) is 0 Å². The third-order valence-corrected chi connectivity index (χ3v) is 4.11. The van der Waals surface area contributed by atoms with Crippen molar-refractivity contribution in [3.8, 4) is 11.5 Å². The first kappa shape index (κ1) is 15.4. The first-order valence-electron chi connectivity index (χ1n) is 7.70. The van der Waals surface area contributed by atoms with Crippen molar-refractivity contribution in [3.63, 3.8) is 0 Å². The van der Waals surface area contributed by atoms with Gasteiger partial charge in [-0.15, -0.1) is 0 Å². The summed E-state index contributed by atoms with van der Waals surface area (Å²) in [7, 11) is 3.18. The lowest BCUT2D eigenvalue weighted by molar-refractivity contribution is -0.121. The van der Waals surface area contributed by atoms with E-state index in [9.17, 15) is 4.79 Å². The number of ether oxygens (including phenoxy) is 2. The van der Waals surface area contributed by atoms with E-state index in [-0.39, 0.29) is 11.9 Å². The van der Waals surface area contributed by atoms with Gasteiger partial charge in [0, 0.05) is 31.4 Å². The average Bonchev–Trinajstić information content (AvgIpc) is 3.02. The molecule has 0 radical (unpaired) electrons. The van der Waals surface area contributed by atoms with E-state index in [1.165, 1.54) is 0 Å². The number of nitrogens with one attached hydrogen (secondary N) is 1. The highest BCUT2D eigenvalue weighted by Gasteiger charge is 2.20. The molecule has 3 rings (SSSR count). The van der Waals surface area contributed by atoms with Gasteiger partial charge in [-0.05, 0) is 24.1 Å². The molecule has 2 heterocycles. The monoisotopic (exact) mass is 315 g/mol. The molecule has 23 heavy (non-hydrogen) atoms. The van der Waals surface area contributed by atoms with E-state index in [2.05, 4.69) is 14.9 Å². The quantitative estimate of drug-likeness (QED) is 0.910. The van der Waals surface area contributed by atoms with Crippen molar-refractivity contribution >= 4 is 5.91 Å². The molecule has 1 amide bonds. The highest BCUT2D eigenvalue weighted by Crippen LogP contribution is 2.27. The molecule has 1 aliphatic heterocycles. The number of aryl methyl sites for hydroxylation is 1. The number of amides is 1. The summed E-state index contributed by atoms with van der Waals surface area (Å²) in [5.41, 5.74) is 0.902. The minimum atomic E-state index is 0.0192. The predicted molar refractivity (Wildman–Crippen MR) is 85.7 cm³/mol. The highest BCUT2D eigenvalue weighted by atomic mass is 16.5. The van der Waals surface area contributed by atoms with E-state index in [0.717, 1.165) is 30.8 Å². The van der Waals surface area contributed by atoms with Gasteiger partial charge in [-0.2, -0.15) is 0 Å². The van der Waals surface area contributed by atoms with Crippen molar-refractivity contribution in [1.82, 2.24) is 14.9 Å². The summed E-state index contributed by atoms with van der Waals surface area (Å²) >= 11 is 0. The summed E-state index contributed by atoms with van der Waals surface area (Å²) < 4.78 is 12.6. The Kier molecular flexibility index (Phi) is 4.50. The van der Waals surface area contributed by atoms with Gasteiger partial charge < -0.3 is 19.4 Å². The number of methoxy groups -OCH3 is 2. The van der Waals surface area contributed by atoms with Crippen LogP contribution in [0.3, 0.4) is 0 Å². The second-order valence-electron chi connectivity index (χ2n) is 5.67. The number of fused-ring (bicyclic) bond motifs is 1. The molecule has 0 saturated carbocycles. The standard InChI is InChI=1S/C17H21N3O3/c1-22-14-5-3-12(9-15(14)23-2)10-17(21)19-13-4-6-16-18-7-8-20(16)11-13/h3,5,7-9,13H,4,6,10-11H2,1-2H3,(H,19,21)/t13-/m0/s1. The lowest BCUT2D eigenvalue weighted by Crippen LogP contribution is -2.41.